The van der Waals surface area contributed by atoms with Crippen LogP contribution in [0.2, 0.25) is 0 Å². The van der Waals surface area contributed by atoms with Crippen molar-refractivity contribution in [2.45, 2.75) is 20.8 Å². The predicted molar refractivity (Wildman–Crippen MR) is 47.3 cm³/mol. The summed E-state index contributed by atoms with van der Waals surface area (Å²) >= 11 is 0. The fourth-order valence-corrected chi connectivity index (χ4v) is 0.467. The van der Waals surface area contributed by atoms with Crippen LogP contribution in [0.3, 0.4) is 0 Å². The van der Waals surface area contributed by atoms with E-state index in [1.807, 2.05) is 39.8 Å². The largest absolute Gasteiger partial charge is 0.383 e. The van der Waals surface area contributed by atoms with Gasteiger partial charge in [-0.25, -0.2) is 0 Å². The topological polar surface area (TPSA) is 20.3 Å². The standard InChI is InChI=1S/C9H17NO/c1-9(2,3)8(11)6-7-10(4)5/h6-7H,1-5H3/b7-6-. The number of hydrogen-bond donors (Lipinski definition) is 0. The molecule has 0 rings (SSSR count). The molecule has 0 atom stereocenters. The molecule has 0 N–H and O–H groups in total. The highest BCUT2D eigenvalue weighted by Gasteiger charge is 2.17. The molecule has 11 heavy (non-hydrogen) atoms. The van der Waals surface area contributed by atoms with E-state index in [2.05, 4.69) is 0 Å². The summed E-state index contributed by atoms with van der Waals surface area (Å²) in [7, 11) is 3.79. The molecule has 0 amide bonds. The highest BCUT2D eigenvalue weighted by Crippen LogP contribution is 2.14. The number of rotatable bonds is 2. The fraction of sp³-hybridized carbons (Fsp3) is 0.667. The van der Waals surface area contributed by atoms with Crippen LogP contribution in [0, 0.1) is 5.41 Å². The second kappa shape index (κ2) is 3.56. The lowest BCUT2D eigenvalue weighted by atomic mass is 9.91. The summed E-state index contributed by atoms with van der Waals surface area (Å²) in [6, 6.07) is 0. The van der Waals surface area contributed by atoms with Crippen LogP contribution in [-0.4, -0.2) is 24.8 Å². The molecule has 0 aromatic heterocycles. The van der Waals surface area contributed by atoms with Crippen molar-refractivity contribution in [2.75, 3.05) is 14.1 Å². The first-order valence-corrected chi connectivity index (χ1v) is 3.73. The maximum absolute atomic E-state index is 11.3. The molecule has 0 heterocycles. The second-order valence-electron chi connectivity index (χ2n) is 3.89. The zero-order valence-corrected chi connectivity index (χ0v) is 8.01. The fourth-order valence-electron chi connectivity index (χ4n) is 0.467. The van der Waals surface area contributed by atoms with Gasteiger partial charge < -0.3 is 4.90 Å². The zero-order valence-electron chi connectivity index (χ0n) is 8.01. The molecule has 0 aromatic rings. The Morgan fingerprint density at radius 1 is 1.27 bits per heavy atom. The molecule has 2 nitrogen and oxygen atoms in total. The number of ketones is 1. The monoisotopic (exact) mass is 155 g/mol. The zero-order chi connectivity index (χ0) is 9.07. The van der Waals surface area contributed by atoms with Gasteiger partial charge in [-0.2, -0.15) is 0 Å². The summed E-state index contributed by atoms with van der Waals surface area (Å²) < 4.78 is 0. The SMILES string of the molecule is CN(C)/C=C\C(=O)C(C)(C)C. The summed E-state index contributed by atoms with van der Waals surface area (Å²) in [5.41, 5.74) is -0.257. The molecular weight excluding hydrogens is 138 g/mol. The van der Waals surface area contributed by atoms with Crippen molar-refractivity contribution < 1.29 is 4.79 Å². The summed E-state index contributed by atoms with van der Waals surface area (Å²) in [4.78, 5) is 13.1. The van der Waals surface area contributed by atoms with Crippen LogP contribution in [0.15, 0.2) is 12.3 Å². The van der Waals surface area contributed by atoms with Gasteiger partial charge >= 0.3 is 0 Å². The number of carbonyl (C=O) groups excluding carboxylic acids is 1. The highest BCUT2D eigenvalue weighted by atomic mass is 16.1. The second-order valence-corrected chi connectivity index (χ2v) is 3.89. The van der Waals surface area contributed by atoms with Gasteiger partial charge in [0.1, 0.15) is 0 Å². The van der Waals surface area contributed by atoms with Gasteiger partial charge in [0.2, 0.25) is 0 Å². The number of allylic oxidation sites excluding steroid dienone is 1. The Morgan fingerprint density at radius 2 is 1.73 bits per heavy atom. The lowest BCUT2D eigenvalue weighted by Gasteiger charge is -2.13. The number of nitrogens with zero attached hydrogens (tertiary/aromatic N) is 1. The number of hydrogen-bond acceptors (Lipinski definition) is 2. The van der Waals surface area contributed by atoms with E-state index in [-0.39, 0.29) is 11.2 Å². The van der Waals surface area contributed by atoms with Crippen molar-refractivity contribution in [1.29, 1.82) is 0 Å². The van der Waals surface area contributed by atoms with Crippen LogP contribution in [0.1, 0.15) is 20.8 Å². The molecule has 0 aliphatic heterocycles. The molecule has 2 heteroatoms. The van der Waals surface area contributed by atoms with Gasteiger partial charge in [0.15, 0.2) is 5.78 Å². The summed E-state index contributed by atoms with van der Waals surface area (Å²) in [5.74, 6) is 0.159. The molecule has 0 saturated carbocycles. The molecule has 0 aliphatic carbocycles. The quantitative estimate of drug-likeness (QED) is 0.565. The Morgan fingerprint density at radius 3 is 2.00 bits per heavy atom. The van der Waals surface area contributed by atoms with Crippen LogP contribution in [0.4, 0.5) is 0 Å². The van der Waals surface area contributed by atoms with Crippen LogP contribution in [-0.2, 0) is 4.79 Å². The van der Waals surface area contributed by atoms with Crippen LogP contribution in [0.5, 0.6) is 0 Å². The van der Waals surface area contributed by atoms with Crippen molar-refractivity contribution in [3.8, 4) is 0 Å². The first-order chi connectivity index (χ1) is 4.84. The Kier molecular flexibility index (Phi) is 3.30. The van der Waals surface area contributed by atoms with Crippen LogP contribution >= 0.6 is 0 Å². The number of carbonyl (C=O) groups is 1. The van der Waals surface area contributed by atoms with Gasteiger partial charge in [-0.05, 0) is 6.08 Å². The van der Waals surface area contributed by atoms with E-state index in [1.54, 1.807) is 12.3 Å². The van der Waals surface area contributed by atoms with Crippen molar-refractivity contribution in [1.82, 2.24) is 4.90 Å². The summed E-state index contributed by atoms with van der Waals surface area (Å²) in [5, 5.41) is 0. The van der Waals surface area contributed by atoms with Gasteiger partial charge in [-0.1, -0.05) is 20.8 Å². The van der Waals surface area contributed by atoms with Gasteiger partial charge in [-0.15, -0.1) is 0 Å². The van der Waals surface area contributed by atoms with Crippen molar-refractivity contribution in [3.63, 3.8) is 0 Å². The maximum atomic E-state index is 11.3. The minimum absolute atomic E-state index is 0.159. The van der Waals surface area contributed by atoms with Gasteiger partial charge in [0, 0.05) is 25.7 Å². The molecule has 0 fully saturated rings. The molecule has 0 saturated heterocycles. The Balaban J connectivity index is 4.09. The molecule has 0 unspecified atom stereocenters. The molecule has 0 radical (unpaired) electrons. The van der Waals surface area contributed by atoms with Crippen molar-refractivity contribution >= 4 is 5.78 Å². The van der Waals surface area contributed by atoms with Crippen LogP contribution < -0.4 is 0 Å². The van der Waals surface area contributed by atoms with E-state index in [9.17, 15) is 4.79 Å². The lowest BCUT2D eigenvalue weighted by molar-refractivity contribution is -0.121. The van der Waals surface area contributed by atoms with Crippen LogP contribution in [0.25, 0.3) is 0 Å². The van der Waals surface area contributed by atoms with E-state index < -0.39 is 0 Å². The molecule has 0 spiro atoms. The first kappa shape index (κ1) is 10.2. The third kappa shape index (κ3) is 4.59. The molecule has 0 aromatic carbocycles. The summed E-state index contributed by atoms with van der Waals surface area (Å²) in [6.07, 6.45) is 3.38. The lowest BCUT2D eigenvalue weighted by Crippen LogP contribution is -2.18. The first-order valence-electron chi connectivity index (χ1n) is 3.73. The normalized spacial score (nSPS) is 12.1. The molecule has 64 valence electrons. The summed E-state index contributed by atoms with van der Waals surface area (Å²) in [6.45, 7) is 5.74. The molecular formula is C9H17NO. The highest BCUT2D eigenvalue weighted by molar-refractivity contribution is 5.93. The minimum Gasteiger partial charge on any atom is -0.383 e. The third-order valence-electron chi connectivity index (χ3n) is 1.26. The Hall–Kier alpha value is -0.790. The van der Waals surface area contributed by atoms with E-state index in [1.165, 1.54) is 0 Å². The van der Waals surface area contributed by atoms with Gasteiger partial charge in [-0.3, -0.25) is 4.79 Å². The third-order valence-corrected chi connectivity index (χ3v) is 1.26. The van der Waals surface area contributed by atoms with Crippen molar-refractivity contribution in [3.05, 3.63) is 12.3 Å². The molecule has 0 bridgehead atoms. The minimum atomic E-state index is -0.257. The Bertz CT molecular complexity index is 163. The smallest absolute Gasteiger partial charge is 0.162 e. The average Bonchev–Trinajstić information content (AvgIpc) is 1.80. The van der Waals surface area contributed by atoms with E-state index in [0.29, 0.717) is 0 Å². The van der Waals surface area contributed by atoms with E-state index in [4.69, 9.17) is 0 Å². The van der Waals surface area contributed by atoms with E-state index in [0.717, 1.165) is 0 Å². The van der Waals surface area contributed by atoms with Crippen molar-refractivity contribution in [2.24, 2.45) is 5.41 Å². The molecule has 0 aliphatic rings. The van der Waals surface area contributed by atoms with E-state index >= 15 is 0 Å². The Labute approximate surface area is 68.9 Å². The van der Waals surface area contributed by atoms with Gasteiger partial charge in [0.25, 0.3) is 0 Å². The predicted octanol–water partition coefficient (Wildman–Crippen LogP) is 1.68. The van der Waals surface area contributed by atoms with Gasteiger partial charge in [0.05, 0.1) is 0 Å². The average molecular weight is 155 g/mol. The maximum Gasteiger partial charge on any atom is 0.162 e.